The number of hydrogen-bond acceptors (Lipinski definition) is 1. The first kappa shape index (κ1) is 10.5. The van der Waals surface area contributed by atoms with E-state index in [0.29, 0.717) is 5.03 Å². The summed E-state index contributed by atoms with van der Waals surface area (Å²) in [5.74, 6) is 0. The molecule has 0 aromatic rings. The van der Waals surface area contributed by atoms with E-state index in [-0.39, 0.29) is 0 Å². The normalized spacial score (nSPS) is 16.4. The van der Waals surface area contributed by atoms with Crippen LogP contribution < -0.4 is 0 Å². The fraction of sp³-hybridized carbons (Fsp3) is 0.333. The molecule has 0 saturated carbocycles. The molecule has 0 bridgehead atoms. The molecule has 0 spiro atoms. The van der Waals surface area contributed by atoms with E-state index in [4.69, 9.17) is 16.7 Å². The first-order chi connectivity index (χ1) is 5.07. The zero-order valence-electron chi connectivity index (χ0n) is 6.84. The van der Waals surface area contributed by atoms with E-state index < -0.39 is 6.10 Å². The van der Waals surface area contributed by atoms with Crippen molar-refractivity contribution in [2.75, 3.05) is 0 Å². The molecule has 1 nitrogen and oxygen atoms in total. The van der Waals surface area contributed by atoms with Gasteiger partial charge in [-0.15, -0.1) is 0 Å². The van der Waals surface area contributed by atoms with Gasteiger partial charge < -0.3 is 5.11 Å². The van der Waals surface area contributed by atoms with E-state index >= 15 is 0 Å². The van der Waals surface area contributed by atoms with Crippen LogP contribution >= 0.6 is 11.6 Å². The lowest BCUT2D eigenvalue weighted by molar-refractivity contribution is 0.231. The number of aliphatic hydroxyl groups excluding tert-OH is 1. The summed E-state index contributed by atoms with van der Waals surface area (Å²) in [6.07, 6.45) is 4.55. The Labute approximate surface area is 72.7 Å². The molecule has 11 heavy (non-hydrogen) atoms. The first-order valence-corrected chi connectivity index (χ1v) is 3.80. The molecule has 1 atom stereocenters. The van der Waals surface area contributed by atoms with Crippen molar-refractivity contribution in [3.05, 3.63) is 35.4 Å². The van der Waals surface area contributed by atoms with Gasteiger partial charge in [0.1, 0.15) is 0 Å². The largest absolute Gasteiger partial charge is 0.389 e. The lowest BCUT2D eigenvalue weighted by Crippen LogP contribution is -2.00. The third kappa shape index (κ3) is 4.82. The van der Waals surface area contributed by atoms with Crippen LogP contribution in [0.2, 0.25) is 0 Å². The van der Waals surface area contributed by atoms with E-state index in [9.17, 15) is 0 Å². The Balaban J connectivity index is 4.30. The second kappa shape index (κ2) is 5.16. The van der Waals surface area contributed by atoms with Crippen LogP contribution in [0.15, 0.2) is 35.4 Å². The van der Waals surface area contributed by atoms with E-state index in [0.717, 1.165) is 5.57 Å². The summed E-state index contributed by atoms with van der Waals surface area (Å²) >= 11 is 5.72. The summed E-state index contributed by atoms with van der Waals surface area (Å²) < 4.78 is 0. The highest BCUT2D eigenvalue weighted by molar-refractivity contribution is 6.31. The maximum Gasteiger partial charge on any atom is 0.0722 e. The van der Waals surface area contributed by atoms with Crippen molar-refractivity contribution in [1.29, 1.82) is 0 Å². The van der Waals surface area contributed by atoms with Gasteiger partial charge in [-0.1, -0.05) is 24.3 Å². The van der Waals surface area contributed by atoms with E-state index in [2.05, 4.69) is 6.58 Å². The Hall–Kier alpha value is -0.530. The molecule has 0 aliphatic heterocycles. The van der Waals surface area contributed by atoms with Crippen LogP contribution in [0.5, 0.6) is 0 Å². The van der Waals surface area contributed by atoms with Gasteiger partial charge in [0.2, 0.25) is 0 Å². The third-order valence-electron chi connectivity index (χ3n) is 1.30. The van der Waals surface area contributed by atoms with Crippen molar-refractivity contribution in [2.45, 2.75) is 20.0 Å². The summed E-state index contributed by atoms with van der Waals surface area (Å²) in [4.78, 5) is 0. The van der Waals surface area contributed by atoms with Crippen LogP contribution in [-0.2, 0) is 0 Å². The fourth-order valence-corrected chi connectivity index (χ4v) is 0.760. The summed E-state index contributed by atoms with van der Waals surface area (Å²) in [7, 11) is 0. The molecule has 62 valence electrons. The zero-order chi connectivity index (χ0) is 8.85. The molecule has 2 heteroatoms. The number of hydrogen-bond donors (Lipinski definition) is 1. The summed E-state index contributed by atoms with van der Waals surface area (Å²) in [6, 6.07) is 0. The highest BCUT2D eigenvalue weighted by Gasteiger charge is 1.97. The Morgan fingerprint density at radius 3 is 2.55 bits per heavy atom. The maximum absolute atomic E-state index is 9.06. The van der Waals surface area contributed by atoms with Crippen molar-refractivity contribution in [3.8, 4) is 0 Å². The lowest BCUT2D eigenvalue weighted by Gasteiger charge is -2.02. The predicted octanol–water partition coefficient (Wildman–Crippen LogP) is 2.62. The molecular formula is C9H13ClO. The molecule has 1 N–H and O–H groups in total. The second-order valence-corrected chi connectivity index (χ2v) is 2.79. The molecule has 0 saturated heterocycles. The molecule has 0 aliphatic carbocycles. The summed E-state index contributed by atoms with van der Waals surface area (Å²) in [5, 5.41) is 9.64. The van der Waals surface area contributed by atoms with E-state index in [1.54, 1.807) is 25.2 Å². The monoisotopic (exact) mass is 172 g/mol. The standard InChI is InChI=1S/C9H13ClO/c1-4-5-9(10)6-7(2)8(3)11/h4-6,8,11H,1H2,2-3H3/b7-6+,9-5+. The van der Waals surface area contributed by atoms with Gasteiger partial charge in [0.05, 0.1) is 6.10 Å². The minimum Gasteiger partial charge on any atom is -0.389 e. The number of aliphatic hydroxyl groups is 1. The lowest BCUT2D eigenvalue weighted by atomic mass is 10.2. The first-order valence-electron chi connectivity index (χ1n) is 3.42. The molecule has 0 aliphatic rings. The zero-order valence-corrected chi connectivity index (χ0v) is 7.60. The topological polar surface area (TPSA) is 20.2 Å². The SMILES string of the molecule is C=C/C=C(Cl)\C=C(/C)C(C)O. The van der Waals surface area contributed by atoms with Crippen LogP contribution in [0.3, 0.4) is 0 Å². The van der Waals surface area contributed by atoms with Gasteiger partial charge >= 0.3 is 0 Å². The molecule has 0 heterocycles. The van der Waals surface area contributed by atoms with Gasteiger partial charge in [0.25, 0.3) is 0 Å². The predicted molar refractivity (Wildman–Crippen MR) is 49.6 cm³/mol. The van der Waals surface area contributed by atoms with Crippen molar-refractivity contribution >= 4 is 11.6 Å². The molecule has 0 amide bonds. The number of halogens is 1. The minimum absolute atomic E-state index is 0.443. The Kier molecular flexibility index (Phi) is 4.92. The smallest absolute Gasteiger partial charge is 0.0722 e. The van der Waals surface area contributed by atoms with Gasteiger partial charge in [0.15, 0.2) is 0 Å². The minimum atomic E-state index is -0.443. The van der Waals surface area contributed by atoms with Crippen molar-refractivity contribution in [3.63, 3.8) is 0 Å². The van der Waals surface area contributed by atoms with Gasteiger partial charge in [0, 0.05) is 5.03 Å². The molecule has 1 unspecified atom stereocenters. The average molecular weight is 173 g/mol. The van der Waals surface area contributed by atoms with Crippen molar-refractivity contribution in [1.82, 2.24) is 0 Å². The van der Waals surface area contributed by atoms with Crippen molar-refractivity contribution < 1.29 is 5.11 Å². The van der Waals surface area contributed by atoms with Crippen LogP contribution in [0, 0.1) is 0 Å². The number of allylic oxidation sites excluding steroid dienone is 4. The average Bonchev–Trinajstić information content (AvgIpc) is 1.87. The van der Waals surface area contributed by atoms with E-state index in [1.165, 1.54) is 0 Å². The second-order valence-electron chi connectivity index (χ2n) is 2.35. The highest BCUT2D eigenvalue weighted by atomic mass is 35.5. The van der Waals surface area contributed by atoms with E-state index in [1.807, 2.05) is 6.92 Å². The summed E-state index contributed by atoms with van der Waals surface area (Å²) in [6.45, 7) is 7.02. The van der Waals surface area contributed by atoms with Gasteiger partial charge in [-0.25, -0.2) is 0 Å². The quantitative estimate of drug-likeness (QED) is 0.649. The van der Waals surface area contributed by atoms with Gasteiger partial charge in [-0.05, 0) is 31.6 Å². The molecule has 0 aromatic carbocycles. The van der Waals surface area contributed by atoms with Gasteiger partial charge in [-0.2, -0.15) is 0 Å². The van der Waals surface area contributed by atoms with Crippen LogP contribution in [0.1, 0.15) is 13.8 Å². The fourth-order valence-electron chi connectivity index (χ4n) is 0.499. The maximum atomic E-state index is 9.06. The molecular weight excluding hydrogens is 160 g/mol. The van der Waals surface area contributed by atoms with Crippen LogP contribution in [0.4, 0.5) is 0 Å². The Morgan fingerprint density at radius 2 is 2.18 bits per heavy atom. The summed E-state index contributed by atoms with van der Waals surface area (Å²) in [5.41, 5.74) is 0.841. The Bertz CT molecular complexity index is 190. The highest BCUT2D eigenvalue weighted by Crippen LogP contribution is 2.09. The molecule has 0 radical (unpaired) electrons. The Morgan fingerprint density at radius 1 is 1.64 bits per heavy atom. The third-order valence-corrected chi connectivity index (χ3v) is 1.54. The molecule has 0 rings (SSSR count). The van der Waals surface area contributed by atoms with Crippen molar-refractivity contribution in [2.24, 2.45) is 0 Å². The number of rotatable bonds is 3. The van der Waals surface area contributed by atoms with Crippen LogP contribution in [-0.4, -0.2) is 11.2 Å². The van der Waals surface area contributed by atoms with Crippen LogP contribution in [0.25, 0.3) is 0 Å². The molecule has 0 aromatic heterocycles. The van der Waals surface area contributed by atoms with Gasteiger partial charge in [-0.3, -0.25) is 0 Å². The molecule has 0 fully saturated rings.